The van der Waals surface area contributed by atoms with E-state index in [9.17, 15) is 24.9 Å². The van der Waals surface area contributed by atoms with Gasteiger partial charge in [-0.15, -0.1) is 0 Å². The van der Waals surface area contributed by atoms with E-state index in [1.54, 1.807) is 0 Å². The predicted octanol–water partition coefficient (Wildman–Crippen LogP) is 1.43. The molecular weight excluding hydrogens is 296 g/mol. The van der Waals surface area contributed by atoms with E-state index in [-0.39, 0.29) is 29.3 Å². The van der Waals surface area contributed by atoms with Crippen molar-refractivity contribution in [2.24, 2.45) is 29.6 Å². The third kappa shape index (κ3) is 3.37. The van der Waals surface area contributed by atoms with Gasteiger partial charge in [0.1, 0.15) is 11.9 Å². The molecule has 3 N–H and O–H groups in total. The van der Waals surface area contributed by atoms with Crippen LogP contribution < -0.4 is 0 Å². The molecule has 130 valence electrons. The summed E-state index contributed by atoms with van der Waals surface area (Å²) in [6.45, 7) is 2.10. The molecule has 3 fully saturated rings. The van der Waals surface area contributed by atoms with E-state index in [2.05, 4.69) is 6.92 Å². The first kappa shape index (κ1) is 17.1. The standard InChI is InChI=1S/C18H28O5/c1-10-2-3-12-13(8-10)16(20)17(21)14(15(12)19)9-11-4-6-18(22,23)7-5-11/h10-14,17,21-23H,2-9H2,1H3. The zero-order valence-electron chi connectivity index (χ0n) is 13.8. The molecule has 0 bridgehead atoms. The van der Waals surface area contributed by atoms with E-state index < -0.39 is 17.8 Å². The average Bonchev–Trinajstić information content (AvgIpc) is 2.51. The Morgan fingerprint density at radius 3 is 2.30 bits per heavy atom. The molecule has 0 radical (unpaired) electrons. The summed E-state index contributed by atoms with van der Waals surface area (Å²) < 4.78 is 0. The fraction of sp³-hybridized carbons (Fsp3) is 0.889. The highest BCUT2D eigenvalue weighted by Gasteiger charge is 2.50. The fourth-order valence-electron chi connectivity index (χ4n) is 4.86. The number of aliphatic hydroxyl groups is 3. The van der Waals surface area contributed by atoms with Crippen molar-refractivity contribution in [3.8, 4) is 0 Å². The number of hydrogen-bond donors (Lipinski definition) is 3. The molecule has 5 atom stereocenters. The van der Waals surface area contributed by atoms with Gasteiger partial charge in [0.25, 0.3) is 0 Å². The molecule has 23 heavy (non-hydrogen) atoms. The molecule has 0 heterocycles. The van der Waals surface area contributed by atoms with Gasteiger partial charge in [-0.05, 0) is 50.4 Å². The summed E-state index contributed by atoms with van der Waals surface area (Å²) in [7, 11) is 0. The zero-order chi connectivity index (χ0) is 16.8. The van der Waals surface area contributed by atoms with Crippen LogP contribution in [0.4, 0.5) is 0 Å². The van der Waals surface area contributed by atoms with Gasteiger partial charge in [-0.25, -0.2) is 0 Å². The van der Waals surface area contributed by atoms with Gasteiger partial charge in [0, 0.05) is 24.7 Å². The normalized spacial score (nSPS) is 41.7. The van der Waals surface area contributed by atoms with Crippen LogP contribution in [-0.2, 0) is 9.59 Å². The van der Waals surface area contributed by atoms with Crippen molar-refractivity contribution in [2.45, 2.75) is 70.2 Å². The molecule has 5 nitrogen and oxygen atoms in total. The highest BCUT2D eigenvalue weighted by atomic mass is 16.5. The summed E-state index contributed by atoms with van der Waals surface area (Å²) in [6, 6.07) is 0. The lowest BCUT2D eigenvalue weighted by Gasteiger charge is -2.42. The number of rotatable bonds is 2. The van der Waals surface area contributed by atoms with Crippen LogP contribution in [0.25, 0.3) is 0 Å². The predicted molar refractivity (Wildman–Crippen MR) is 83.2 cm³/mol. The first-order chi connectivity index (χ1) is 10.8. The summed E-state index contributed by atoms with van der Waals surface area (Å²) in [4.78, 5) is 25.3. The summed E-state index contributed by atoms with van der Waals surface area (Å²) in [6.07, 6.45) is 3.65. The molecule has 0 spiro atoms. The third-order valence-electron chi connectivity index (χ3n) is 6.37. The molecule has 3 saturated carbocycles. The van der Waals surface area contributed by atoms with E-state index in [0.717, 1.165) is 19.3 Å². The van der Waals surface area contributed by atoms with Crippen molar-refractivity contribution in [3.05, 3.63) is 0 Å². The highest BCUT2D eigenvalue weighted by molar-refractivity contribution is 6.00. The summed E-state index contributed by atoms with van der Waals surface area (Å²) in [5, 5.41) is 29.6. The van der Waals surface area contributed by atoms with Crippen LogP contribution in [0.3, 0.4) is 0 Å². The Bertz CT molecular complexity index is 476. The molecule has 3 aliphatic rings. The number of carbonyl (C=O) groups is 2. The molecule has 5 heteroatoms. The minimum atomic E-state index is -1.59. The Morgan fingerprint density at radius 2 is 1.65 bits per heavy atom. The zero-order valence-corrected chi connectivity index (χ0v) is 13.8. The van der Waals surface area contributed by atoms with Crippen molar-refractivity contribution in [1.29, 1.82) is 0 Å². The SMILES string of the molecule is CC1CCC2C(=O)C(CC3CCC(O)(O)CC3)C(O)C(=O)C2C1. The van der Waals surface area contributed by atoms with Gasteiger partial charge in [0.05, 0.1) is 5.92 Å². The second kappa shape index (κ2) is 6.26. The number of hydrogen-bond acceptors (Lipinski definition) is 5. The maximum Gasteiger partial charge on any atom is 0.165 e. The summed E-state index contributed by atoms with van der Waals surface area (Å²) >= 11 is 0. The molecule has 0 amide bonds. The second-order valence-electron chi connectivity index (χ2n) is 8.15. The van der Waals surface area contributed by atoms with E-state index in [1.165, 1.54) is 0 Å². The summed E-state index contributed by atoms with van der Waals surface area (Å²) in [5.74, 6) is -2.12. The van der Waals surface area contributed by atoms with E-state index in [4.69, 9.17) is 0 Å². The maximum absolute atomic E-state index is 12.8. The number of aliphatic hydroxyl groups excluding tert-OH is 1. The lowest BCUT2D eigenvalue weighted by Crippen LogP contribution is -2.53. The minimum absolute atomic E-state index is 0.0684. The molecule has 0 aromatic heterocycles. The topological polar surface area (TPSA) is 94.8 Å². The van der Waals surface area contributed by atoms with Gasteiger partial charge in [0.15, 0.2) is 11.6 Å². The Morgan fingerprint density at radius 1 is 1.00 bits per heavy atom. The second-order valence-corrected chi connectivity index (χ2v) is 8.15. The monoisotopic (exact) mass is 324 g/mol. The first-order valence-electron chi connectivity index (χ1n) is 8.99. The van der Waals surface area contributed by atoms with Crippen LogP contribution >= 0.6 is 0 Å². The Balaban J connectivity index is 1.68. The molecule has 0 saturated heterocycles. The smallest absolute Gasteiger partial charge is 0.165 e. The van der Waals surface area contributed by atoms with Crippen LogP contribution in [-0.4, -0.2) is 38.8 Å². The molecule has 0 aliphatic heterocycles. The molecule has 5 unspecified atom stereocenters. The Hall–Kier alpha value is -0.780. The van der Waals surface area contributed by atoms with Gasteiger partial charge >= 0.3 is 0 Å². The van der Waals surface area contributed by atoms with Gasteiger partial charge in [0.2, 0.25) is 0 Å². The highest BCUT2D eigenvalue weighted by Crippen LogP contribution is 2.44. The lowest BCUT2D eigenvalue weighted by atomic mass is 9.61. The van der Waals surface area contributed by atoms with Crippen molar-refractivity contribution in [2.75, 3.05) is 0 Å². The number of Topliss-reactive ketones (excluding diaryl/α,β-unsaturated/α-hetero) is 2. The number of fused-ring (bicyclic) bond motifs is 1. The van der Waals surface area contributed by atoms with Crippen molar-refractivity contribution >= 4 is 11.6 Å². The maximum atomic E-state index is 12.8. The number of carbonyl (C=O) groups excluding carboxylic acids is 2. The fourth-order valence-corrected chi connectivity index (χ4v) is 4.86. The number of ketones is 2. The Kier molecular flexibility index (Phi) is 4.64. The van der Waals surface area contributed by atoms with Crippen LogP contribution in [0, 0.1) is 29.6 Å². The van der Waals surface area contributed by atoms with Crippen molar-refractivity contribution in [3.63, 3.8) is 0 Å². The van der Waals surface area contributed by atoms with Crippen LogP contribution in [0.2, 0.25) is 0 Å². The molecule has 3 aliphatic carbocycles. The van der Waals surface area contributed by atoms with Gasteiger partial charge in [-0.1, -0.05) is 6.92 Å². The first-order valence-corrected chi connectivity index (χ1v) is 8.99. The van der Waals surface area contributed by atoms with Crippen molar-refractivity contribution in [1.82, 2.24) is 0 Å². The van der Waals surface area contributed by atoms with Crippen molar-refractivity contribution < 1.29 is 24.9 Å². The molecular formula is C18H28O5. The molecule has 0 aromatic rings. The van der Waals surface area contributed by atoms with Gasteiger partial charge < -0.3 is 15.3 Å². The largest absolute Gasteiger partial charge is 0.385 e. The van der Waals surface area contributed by atoms with Gasteiger partial charge in [-0.2, -0.15) is 0 Å². The van der Waals surface area contributed by atoms with E-state index in [1.807, 2.05) is 0 Å². The Labute approximate surface area is 137 Å². The molecule has 3 rings (SSSR count). The minimum Gasteiger partial charge on any atom is -0.385 e. The van der Waals surface area contributed by atoms with Crippen LogP contribution in [0.5, 0.6) is 0 Å². The van der Waals surface area contributed by atoms with Crippen LogP contribution in [0.15, 0.2) is 0 Å². The quantitative estimate of drug-likeness (QED) is 0.668. The average molecular weight is 324 g/mol. The van der Waals surface area contributed by atoms with E-state index in [0.29, 0.717) is 38.0 Å². The summed E-state index contributed by atoms with van der Waals surface area (Å²) in [5.41, 5.74) is 0. The van der Waals surface area contributed by atoms with Crippen LogP contribution in [0.1, 0.15) is 58.3 Å². The van der Waals surface area contributed by atoms with E-state index >= 15 is 0 Å². The third-order valence-corrected chi connectivity index (χ3v) is 6.37. The molecule has 0 aromatic carbocycles. The lowest BCUT2D eigenvalue weighted by molar-refractivity contribution is -0.187. The van der Waals surface area contributed by atoms with Gasteiger partial charge in [-0.3, -0.25) is 9.59 Å².